The Morgan fingerprint density at radius 1 is 1.00 bits per heavy atom. The van der Waals surface area contributed by atoms with Gasteiger partial charge in [0.2, 0.25) is 5.91 Å². The molecule has 2 aromatic carbocycles. The minimum atomic E-state index is -0.270. The lowest BCUT2D eigenvalue weighted by Gasteiger charge is -2.37. The van der Waals surface area contributed by atoms with E-state index in [0.29, 0.717) is 6.42 Å². The van der Waals surface area contributed by atoms with E-state index in [1.807, 2.05) is 4.90 Å². The molecule has 0 aromatic heterocycles. The van der Waals surface area contributed by atoms with E-state index in [1.165, 1.54) is 28.9 Å². The fraction of sp³-hybridized carbons (Fsp3) is 0.350. The molecule has 1 fully saturated rings. The number of halogens is 1. The molecular formula is C20H23FN2O. The molecule has 0 spiro atoms. The van der Waals surface area contributed by atoms with Crippen molar-refractivity contribution < 1.29 is 9.18 Å². The highest BCUT2D eigenvalue weighted by Gasteiger charge is 2.22. The van der Waals surface area contributed by atoms with Gasteiger partial charge in [-0.25, -0.2) is 4.39 Å². The van der Waals surface area contributed by atoms with Gasteiger partial charge in [-0.2, -0.15) is 0 Å². The number of anilines is 1. The van der Waals surface area contributed by atoms with Gasteiger partial charge in [-0.05, 0) is 48.7 Å². The van der Waals surface area contributed by atoms with Crippen molar-refractivity contribution in [3.63, 3.8) is 0 Å². The number of carbonyl (C=O) groups is 1. The second kappa shape index (κ2) is 7.04. The molecule has 3 rings (SSSR count). The molecule has 2 aromatic rings. The number of benzene rings is 2. The topological polar surface area (TPSA) is 23.6 Å². The maximum atomic E-state index is 12.9. The maximum absolute atomic E-state index is 12.9. The lowest BCUT2D eigenvalue weighted by molar-refractivity contribution is -0.130. The Morgan fingerprint density at radius 2 is 1.67 bits per heavy atom. The van der Waals surface area contributed by atoms with E-state index in [-0.39, 0.29) is 11.7 Å². The van der Waals surface area contributed by atoms with Gasteiger partial charge in [-0.3, -0.25) is 4.79 Å². The van der Waals surface area contributed by atoms with Crippen LogP contribution in [-0.4, -0.2) is 37.0 Å². The average molecular weight is 326 g/mol. The predicted octanol–water partition coefficient (Wildman–Crippen LogP) is 3.33. The Hall–Kier alpha value is -2.36. The van der Waals surface area contributed by atoms with E-state index >= 15 is 0 Å². The summed E-state index contributed by atoms with van der Waals surface area (Å²) in [6, 6.07) is 12.5. The predicted molar refractivity (Wildman–Crippen MR) is 94.8 cm³/mol. The normalized spacial score (nSPS) is 14.8. The molecule has 126 valence electrons. The van der Waals surface area contributed by atoms with E-state index in [2.05, 4.69) is 36.9 Å². The Kier molecular flexibility index (Phi) is 4.84. The van der Waals surface area contributed by atoms with Crippen LogP contribution in [0.1, 0.15) is 16.7 Å². The van der Waals surface area contributed by atoms with Gasteiger partial charge in [0.05, 0.1) is 6.42 Å². The summed E-state index contributed by atoms with van der Waals surface area (Å²) in [5.74, 6) is -0.157. The second-order valence-corrected chi connectivity index (χ2v) is 6.39. The van der Waals surface area contributed by atoms with E-state index in [1.54, 1.807) is 12.1 Å². The SMILES string of the molecule is Cc1cccc(N2CCN(C(=O)Cc3ccc(F)cc3)CC2)c1C. The molecule has 3 nitrogen and oxygen atoms in total. The van der Waals surface area contributed by atoms with Gasteiger partial charge in [0.25, 0.3) is 0 Å². The summed E-state index contributed by atoms with van der Waals surface area (Å²) < 4.78 is 12.9. The van der Waals surface area contributed by atoms with Crippen molar-refractivity contribution in [1.82, 2.24) is 4.90 Å². The van der Waals surface area contributed by atoms with Crippen LogP contribution in [0.3, 0.4) is 0 Å². The van der Waals surface area contributed by atoms with Gasteiger partial charge in [0.1, 0.15) is 5.82 Å². The lowest BCUT2D eigenvalue weighted by atomic mass is 10.1. The minimum absolute atomic E-state index is 0.113. The highest BCUT2D eigenvalue weighted by atomic mass is 19.1. The highest BCUT2D eigenvalue weighted by Crippen LogP contribution is 2.24. The van der Waals surface area contributed by atoms with Crippen LogP contribution in [0.4, 0.5) is 10.1 Å². The Bertz CT molecular complexity index is 719. The molecule has 4 heteroatoms. The number of carbonyl (C=O) groups excluding carboxylic acids is 1. The van der Waals surface area contributed by atoms with Gasteiger partial charge in [-0.1, -0.05) is 24.3 Å². The summed E-state index contributed by atoms with van der Waals surface area (Å²) in [5, 5.41) is 0. The summed E-state index contributed by atoms with van der Waals surface area (Å²) in [4.78, 5) is 16.7. The molecule has 1 heterocycles. The first kappa shape index (κ1) is 16.5. The molecule has 0 radical (unpaired) electrons. The first-order valence-electron chi connectivity index (χ1n) is 8.38. The molecule has 1 aliphatic rings. The zero-order chi connectivity index (χ0) is 17.1. The van der Waals surface area contributed by atoms with E-state index in [4.69, 9.17) is 0 Å². The number of aryl methyl sites for hydroxylation is 1. The molecule has 0 unspecified atom stereocenters. The third-order valence-electron chi connectivity index (χ3n) is 4.82. The van der Waals surface area contributed by atoms with Crippen LogP contribution in [0, 0.1) is 19.7 Å². The fourth-order valence-corrected chi connectivity index (χ4v) is 3.16. The molecule has 0 atom stereocenters. The maximum Gasteiger partial charge on any atom is 0.227 e. The third kappa shape index (κ3) is 3.58. The number of hydrogen-bond acceptors (Lipinski definition) is 2. The number of amides is 1. The molecule has 0 bridgehead atoms. The number of hydrogen-bond donors (Lipinski definition) is 0. The van der Waals surface area contributed by atoms with Crippen LogP contribution in [0.2, 0.25) is 0 Å². The summed E-state index contributed by atoms with van der Waals surface area (Å²) in [6.07, 6.45) is 0.337. The molecular weight excluding hydrogens is 303 g/mol. The number of rotatable bonds is 3. The van der Waals surface area contributed by atoms with E-state index in [9.17, 15) is 9.18 Å². The zero-order valence-electron chi connectivity index (χ0n) is 14.3. The average Bonchev–Trinajstić information content (AvgIpc) is 2.59. The quantitative estimate of drug-likeness (QED) is 0.864. The number of piperazine rings is 1. The van der Waals surface area contributed by atoms with Crippen LogP contribution in [-0.2, 0) is 11.2 Å². The standard InChI is InChI=1S/C20H23FN2O/c1-15-4-3-5-19(16(15)2)22-10-12-23(13-11-22)20(24)14-17-6-8-18(21)9-7-17/h3-9H,10-14H2,1-2H3. The summed E-state index contributed by atoms with van der Waals surface area (Å²) in [6.45, 7) is 7.43. The molecule has 0 saturated carbocycles. The summed E-state index contributed by atoms with van der Waals surface area (Å²) >= 11 is 0. The highest BCUT2D eigenvalue weighted by molar-refractivity contribution is 5.79. The molecule has 0 N–H and O–H groups in total. The molecule has 1 amide bonds. The largest absolute Gasteiger partial charge is 0.368 e. The van der Waals surface area contributed by atoms with E-state index in [0.717, 1.165) is 31.7 Å². The Balaban J connectivity index is 1.59. The van der Waals surface area contributed by atoms with Gasteiger partial charge in [0.15, 0.2) is 0 Å². The van der Waals surface area contributed by atoms with Crippen LogP contribution in [0.5, 0.6) is 0 Å². The van der Waals surface area contributed by atoms with Crippen molar-refractivity contribution in [1.29, 1.82) is 0 Å². The first-order valence-corrected chi connectivity index (χ1v) is 8.38. The van der Waals surface area contributed by atoms with Crippen molar-refractivity contribution in [3.8, 4) is 0 Å². The molecule has 1 saturated heterocycles. The van der Waals surface area contributed by atoms with Crippen LogP contribution >= 0.6 is 0 Å². The van der Waals surface area contributed by atoms with Crippen molar-refractivity contribution in [2.45, 2.75) is 20.3 Å². The molecule has 24 heavy (non-hydrogen) atoms. The smallest absolute Gasteiger partial charge is 0.227 e. The Labute approximate surface area is 142 Å². The van der Waals surface area contributed by atoms with Gasteiger partial charge >= 0.3 is 0 Å². The van der Waals surface area contributed by atoms with E-state index < -0.39 is 0 Å². The minimum Gasteiger partial charge on any atom is -0.368 e. The number of nitrogens with zero attached hydrogens (tertiary/aromatic N) is 2. The molecule has 1 aliphatic heterocycles. The van der Waals surface area contributed by atoms with Crippen molar-refractivity contribution in [3.05, 3.63) is 65.0 Å². The van der Waals surface area contributed by atoms with Crippen molar-refractivity contribution in [2.24, 2.45) is 0 Å². The van der Waals surface area contributed by atoms with Crippen LogP contribution in [0.15, 0.2) is 42.5 Å². The molecule has 0 aliphatic carbocycles. The second-order valence-electron chi connectivity index (χ2n) is 6.39. The Morgan fingerprint density at radius 3 is 2.33 bits per heavy atom. The van der Waals surface area contributed by atoms with Crippen LogP contribution in [0.25, 0.3) is 0 Å². The summed E-state index contributed by atoms with van der Waals surface area (Å²) in [5.41, 5.74) is 4.73. The van der Waals surface area contributed by atoms with Gasteiger partial charge < -0.3 is 9.80 Å². The van der Waals surface area contributed by atoms with Gasteiger partial charge in [0, 0.05) is 31.9 Å². The van der Waals surface area contributed by atoms with Crippen molar-refractivity contribution >= 4 is 11.6 Å². The van der Waals surface area contributed by atoms with Gasteiger partial charge in [-0.15, -0.1) is 0 Å². The monoisotopic (exact) mass is 326 g/mol. The third-order valence-corrected chi connectivity index (χ3v) is 4.82. The lowest BCUT2D eigenvalue weighted by Crippen LogP contribution is -2.49. The fourth-order valence-electron chi connectivity index (χ4n) is 3.16. The van der Waals surface area contributed by atoms with Crippen molar-refractivity contribution in [2.75, 3.05) is 31.1 Å². The zero-order valence-corrected chi connectivity index (χ0v) is 14.3. The summed E-state index contributed by atoms with van der Waals surface area (Å²) in [7, 11) is 0. The van der Waals surface area contributed by atoms with Crippen LogP contribution < -0.4 is 4.90 Å². The first-order chi connectivity index (χ1) is 11.5.